The minimum atomic E-state index is -0.271. The Morgan fingerprint density at radius 2 is 2.12 bits per heavy atom. The summed E-state index contributed by atoms with van der Waals surface area (Å²) in [5.41, 5.74) is 0.903. The Hall–Kier alpha value is -1.06. The SMILES string of the molecule is CC(CO)NC1c2ccccc2OC1(C)C. The second kappa shape index (κ2) is 4.07. The van der Waals surface area contributed by atoms with Crippen LogP contribution in [0.5, 0.6) is 5.75 Å². The van der Waals surface area contributed by atoms with Crippen LogP contribution in [0, 0.1) is 0 Å². The summed E-state index contributed by atoms with van der Waals surface area (Å²) in [6.45, 7) is 6.23. The van der Waals surface area contributed by atoms with Gasteiger partial charge in [-0.15, -0.1) is 0 Å². The molecule has 0 amide bonds. The summed E-state index contributed by atoms with van der Waals surface area (Å²) in [6, 6.07) is 8.26. The lowest BCUT2D eigenvalue weighted by Crippen LogP contribution is -2.43. The van der Waals surface area contributed by atoms with Crippen LogP contribution in [-0.4, -0.2) is 23.4 Å². The molecule has 1 aromatic carbocycles. The minimum absolute atomic E-state index is 0.0685. The molecule has 1 aliphatic heterocycles. The minimum Gasteiger partial charge on any atom is -0.486 e. The van der Waals surface area contributed by atoms with Gasteiger partial charge in [-0.1, -0.05) is 18.2 Å². The van der Waals surface area contributed by atoms with Gasteiger partial charge in [0.05, 0.1) is 12.6 Å². The van der Waals surface area contributed by atoms with Crippen LogP contribution in [0.25, 0.3) is 0 Å². The van der Waals surface area contributed by atoms with E-state index in [0.717, 1.165) is 5.75 Å². The Balaban J connectivity index is 2.28. The molecule has 2 rings (SSSR count). The van der Waals surface area contributed by atoms with Crippen LogP contribution in [0.2, 0.25) is 0 Å². The van der Waals surface area contributed by atoms with Gasteiger partial charge in [-0.2, -0.15) is 0 Å². The molecule has 0 saturated carbocycles. The van der Waals surface area contributed by atoms with Gasteiger partial charge in [-0.05, 0) is 26.8 Å². The van der Waals surface area contributed by atoms with E-state index < -0.39 is 0 Å². The summed E-state index contributed by atoms with van der Waals surface area (Å²) in [6.07, 6.45) is 0. The average Bonchev–Trinajstić information content (AvgIpc) is 2.50. The van der Waals surface area contributed by atoms with Crippen LogP contribution in [0.4, 0.5) is 0 Å². The molecule has 2 atom stereocenters. The summed E-state index contributed by atoms with van der Waals surface area (Å²) in [4.78, 5) is 0. The van der Waals surface area contributed by atoms with E-state index in [4.69, 9.17) is 9.84 Å². The number of aliphatic hydroxyl groups excluding tert-OH is 1. The molecule has 1 heterocycles. The van der Waals surface area contributed by atoms with Crippen molar-refractivity contribution in [3.8, 4) is 5.75 Å². The van der Waals surface area contributed by atoms with Crippen LogP contribution in [-0.2, 0) is 0 Å². The van der Waals surface area contributed by atoms with Gasteiger partial charge in [0.2, 0.25) is 0 Å². The van der Waals surface area contributed by atoms with Crippen molar-refractivity contribution in [2.75, 3.05) is 6.61 Å². The zero-order valence-corrected chi connectivity index (χ0v) is 10.0. The molecule has 0 aliphatic carbocycles. The Kier molecular flexibility index (Phi) is 2.91. The third-order valence-electron chi connectivity index (χ3n) is 3.02. The lowest BCUT2D eigenvalue weighted by atomic mass is 9.94. The zero-order chi connectivity index (χ0) is 11.8. The predicted octanol–water partition coefficient (Wildman–Crippen LogP) is 1.87. The van der Waals surface area contributed by atoms with E-state index in [2.05, 4.69) is 25.2 Å². The molecule has 0 aromatic heterocycles. The molecule has 16 heavy (non-hydrogen) atoms. The number of ether oxygens (including phenoxy) is 1. The van der Waals surface area contributed by atoms with E-state index in [1.807, 2.05) is 25.1 Å². The van der Waals surface area contributed by atoms with Crippen molar-refractivity contribution in [2.24, 2.45) is 0 Å². The highest BCUT2D eigenvalue weighted by Gasteiger charge is 2.41. The maximum Gasteiger partial charge on any atom is 0.125 e. The topological polar surface area (TPSA) is 41.5 Å². The molecule has 88 valence electrons. The maximum absolute atomic E-state index is 9.11. The molecular weight excluding hydrogens is 202 g/mol. The molecule has 3 heteroatoms. The fourth-order valence-corrected chi connectivity index (χ4v) is 2.16. The van der Waals surface area contributed by atoms with Crippen molar-refractivity contribution >= 4 is 0 Å². The van der Waals surface area contributed by atoms with Crippen molar-refractivity contribution in [3.05, 3.63) is 29.8 Å². The van der Waals surface area contributed by atoms with E-state index in [1.165, 1.54) is 5.56 Å². The first kappa shape index (κ1) is 11.4. The lowest BCUT2D eigenvalue weighted by Gasteiger charge is -2.29. The monoisotopic (exact) mass is 221 g/mol. The molecule has 3 nitrogen and oxygen atoms in total. The van der Waals surface area contributed by atoms with Crippen LogP contribution in [0.3, 0.4) is 0 Å². The van der Waals surface area contributed by atoms with Crippen molar-refractivity contribution in [3.63, 3.8) is 0 Å². The third-order valence-corrected chi connectivity index (χ3v) is 3.02. The molecule has 0 fully saturated rings. The number of para-hydroxylation sites is 1. The van der Waals surface area contributed by atoms with E-state index in [-0.39, 0.29) is 24.3 Å². The molecule has 0 spiro atoms. The van der Waals surface area contributed by atoms with Gasteiger partial charge in [0.25, 0.3) is 0 Å². The van der Waals surface area contributed by atoms with E-state index in [0.29, 0.717) is 0 Å². The summed E-state index contributed by atoms with van der Waals surface area (Å²) in [5.74, 6) is 0.940. The summed E-state index contributed by atoms with van der Waals surface area (Å²) >= 11 is 0. The number of hydrogen-bond donors (Lipinski definition) is 2. The van der Waals surface area contributed by atoms with Crippen LogP contribution >= 0.6 is 0 Å². The lowest BCUT2D eigenvalue weighted by molar-refractivity contribution is 0.0865. The Morgan fingerprint density at radius 1 is 1.44 bits per heavy atom. The fourth-order valence-electron chi connectivity index (χ4n) is 2.16. The number of hydrogen-bond acceptors (Lipinski definition) is 3. The van der Waals surface area contributed by atoms with Gasteiger partial charge >= 0.3 is 0 Å². The second-order valence-electron chi connectivity index (χ2n) is 4.93. The van der Waals surface area contributed by atoms with Gasteiger partial charge in [-0.25, -0.2) is 0 Å². The fraction of sp³-hybridized carbons (Fsp3) is 0.538. The van der Waals surface area contributed by atoms with Crippen LogP contribution < -0.4 is 10.1 Å². The normalized spacial score (nSPS) is 23.6. The van der Waals surface area contributed by atoms with Crippen LogP contribution in [0.15, 0.2) is 24.3 Å². The number of rotatable bonds is 3. The van der Waals surface area contributed by atoms with Gasteiger partial charge < -0.3 is 15.2 Å². The average molecular weight is 221 g/mol. The molecule has 0 radical (unpaired) electrons. The predicted molar refractivity (Wildman–Crippen MR) is 63.6 cm³/mol. The standard InChI is InChI=1S/C13H19NO2/c1-9(8-15)14-12-10-6-4-5-7-11(10)16-13(12,2)3/h4-7,9,12,14-15H,8H2,1-3H3. The number of aliphatic hydroxyl groups is 1. The molecule has 2 unspecified atom stereocenters. The molecule has 1 aromatic rings. The Labute approximate surface area is 96.4 Å². The third kappa shape index (κ3) is 1.93. The molecule has 0 saturated heterocycles. The summed E-state index contributed by atoms with van der Waals surface area (Å²) < 4.78 is 5.91. The second-order valence-corrected chi connectivity index (χ2v) is 4.93. The number of nitrogens with one attached hydrogen (secondary N) is 1. The number of benzene rings is 1. The highest BCUT2D eigenvalue weighted by Crippen LogP contribution is 2.42. The highest BCUT2D eigenvalue weighted by molar-refractivity contribution is 5.42. The Bertz CT molecular complexity index is 376. The van der Waals surface area contributed by atoms with Crippen molar-refractivity contribution < 1.29 is 9.84 Å². The molecular formula is C13H19NO2. The number of fused-ring (bicyclic) bond motifs is 1. The first-order chi connectivity index (χ1) is 7.54. The maximum atomic E-state index is 9.11. The highest BCUT2D eigenvalue weighted by atomic mass is 16.5. The summed E-state index contributed by atoms with van der Waals surface area (Å²) in [5, 5.41) is 12.5. The van der Waals surface area contributed by atoms with Crippen molar-refractivity contribution in [1.29, 1.82) is 0 Å². The van der Waals surface area contributed by atoms with E-state index >= 15 is 0 Å². The van der Waals surface area contributed by atoms with E-state index in [1.54, 1.807) is 0 Å². The van der Waals surface area contributed by atoms with Gasteiger partial charge in [0.15, 0.2) is 0 Å². The Morgan fingerprint density at radius 3 is 2.81 bits per heavy atom. The molecule has 2 N–H and O–H groups in total. The zero-order valence-electron chi connectivity index (χ0n) is 10.0. The largest absolute Gasteiger partial charge is 0.486 e. The van der Waals surface area contributed by atoms with Crippen LogP contribution in [0.1, 0.15) is 32.4 Å². The molecule has 0 bridgehead atoms. The van der Waals surface area contributed by atoms with Crippen molar-refractivity contribution in [2.45, 2.75) is 38.5 Å². The first-order valence-corrected chi connectivity index (χ1v) is 5.69. The first-order valence-electron chi connectivity index (χ1n) is 5.69. The quantitative estimate of drug-likeness (QED) is 0.818. The van der Waals surface area contributed by atoms with Gasteiger partial charge in [0, 0.05) is 11.6 Å². The van der Waals surface area contributed by atoms with Gasteiger partial charge in [-0.3, -0.25) is 0 Å². The summed E-state index contributed by atoms with van der Waals surface area (Å²) in [7, 11) is 0. The van der Waals surface area contributed by atoms with Crippen molar-refractivity contribution in [1.82, 2.24) is 5.32 Å². The van der Waals surface area contributed by atoms with E-state index in [9.17, 15) is 0 Å². The smallest absolute Gasteiger partial charge is 0.125 e. The molecule has 1 aliphatic rings. The van der Waals surface area contributed by atoms with Gasteiger partial charge in [0.1, 0.15) is 11.4 Å².